The molecule has 0 saturated heterocycles. The largest absolute Gasteiger partial charge is 0.490 e. The van der Waals surface area contributed by atoms with Gasteiger partial charge in [0.2, 0.25) is 0 Å². The van der Waals surface area contributed by atoms with Gasteiger partial charge in [0.25, 0.3) is 0 Å². The summed E-state index contributed by atoms with van der Waals surface area (Å²) in [6, 6.07) is 9.43. The Kier molecular flexibility index (Phi) is 14.4. The zero-order valence-corrected chi connectivity index (χ0v) is 21.4. The molecule has 2 aromatic carbocycles. The van der Waals surface area contributed by atoms with Crippen LogP contribution in [0.15, 0.2) is 34.8 Å². The van der Waals surface area contributed by atoms with Crippen molar-refractivity contribution in [2.75, 3.05) is 33.8 Å². The van der Waals surface area contributed by atoms with E-state index in [0.29, 0.717) is 34.8 Å². The Morgan fingerprint density at radius 3 is 2.41 bits per heavy atom. The second kappa shape index (κ2) is 14.6. The van der Waals surface area contributed by atoms with E-state index in [9.17, 15) is 0 Å². The predicted molar refractivity (Wildman–Crippen MR) is 131 cm³/mol. The van der Waals surface area contributed by atoms with Gasteiger partial charge in [0, 0.05) is 35.2 Å². The van der Waals surface area contributed by atoms with E-state index in [4.69, 9.17) is 32.7 Å². The van der Waals surface area contributed by atoms with Crippen LogP contribution in [0.4, 0.5) is 0 Å². The third kappa shape index (κ3) is 9.52. The first-order valence-corrected chi connectivity index (χ1v) is 10.3. The molecule has 2 aromatic rings. The van der Waals surface area contributed by atoms with Crippen LogP contribution in [0.2, 0.25) is 10.0 Å². The standard InChI is InChI=1S/C20H25BrCl2N2O2.2ClH/c1-4-26-19-10-14(12-24-7-8-25(2)3)9-17(21)20(19)27-13-15-5-6-16(22)11-18(15)23;;/h5-6,9-11,24H,4,7-8,12-13H2,1-3H3;2*1H. The lowest BCUT2D eigenvalue weighted by Gasteiger charge is -2.17. The van der Waals surface area contributed by atoms with Crippen molar-refractivity contribution < 1.29 is 9.47 Å². The third-order valence-corrected chi connectivity index (χ3v) is 5.00. The number of hydrogen-bond acceptors (Lipinski definition) is 4. The van der Waals surface area contributed by atoms with Gasteiger partial charge >= 0.3 is 0 Å². The van der Waals surface area contributed by atoms with Crippen LogP contribution in [0.3, 0.4) is 0 Å². The number of nitrogens with zero attached hydrogens (tertiary/aromatic N) is 1. The monoisotopic (exact) mass is 546 g/mol. The van der Waals surface area contributed by atoms with Gasteiger partial charge in [-0.3, -0.25) is 0 Å². The van der Waals surface area contributed by atoms with E-state index in [-0.39, 0.29) is 24.8 Å². The zero-order valence-electron chi connectivity index (χ0n) is 16.6. The van der Waals surface area contributed by atoms with Gasteiger partial charge in [-0.05, 0) is 66.8 Å². The third-order valence-electron chi connectivity index (χ3n) is 3.82. The SMILES string of the molecule is CCOc1cc(CNCCN(C)C)cc(Br)c1OCc1ccc(Cl)cc1Cl.Cl.Cl. The minimum atomic E-state index is 0. The van der Waals surface area contributed by atoms with Crippen molar-refractivity contribution in [1.82, 2.24) is 10.2 Å². The molecule has 0 amide bonds. The van der Waals surface area contributed by atoms with E-state index in [1.807, 2.05) is 25.1 Å². The van der Waals surface area contributed by atoms with Crippen molar-refractivity contribution >= 4 is 63.9 Å². The fourth-order valence-corrected chi connectivity index (χ4v) is 3.52. The van der Waals surface area contributed by atoms with Crippen LogP contribution in [0.1, 0.15) is 18.1 Å². The van der Waals surface area contributed by atoms with Crippen LogP contribution < -0.4 is 14.8 Å². The number of halogens is 5. The van der Waals surface area contributed by atoms with Gasteiger partial charge in [0.1, 0.15) is 6.61 Å². The van der Waals surface area contributed by atoms with Gasteiger partial charge in [-0.15, -0.1) is 24.8 Å². The first-order chi connectivity index (χ1) is 12.9. The molecule has 0 heterocycles. The number of ether oxygens (including phenoxy) is 2. The summed E-state index contributed by atoms with van der Waals surface area (Å²) >= 11 is 15.8. The highest BCUT2D eigenvalue weighted by Gasteiger charge is 2.13. The van der Waals surface area contributed by atoms with E-state index in [1.165, 1.54) is 0 Å². The molecule has 0 spiro atoms. The van der Waals surface area contributed by atoms with Crippen LogP contribution in [-0.4, -0.2) is 38.7 Å². The molecule has 29 heavy (non-hydrogen) atoms. The molecule has 4 nitrogen and oxygen atoms in total. The fraction of sp³-hybridized carbons (Fsp3) is 0.400. The number of likely N-dealkylation sites (N-methyl/N-ethyl adjacent to an activating group) is 1. The fourth-order valence-electron chi connectivity index (χ4n) is 2.45. The number of hydrogen-bond donors (Lipinski definition) is 1. The normalized spacial score (nSPS) is 10.3. The van der Waals surface area contributed by atoms with Crippen molar-refractivity contribution in [3.8, 4) is 11.5 Å². The van der Waals surface area contributed by atoms with Gasteiger partial charge in [-0.1, -0.05) is 29.3 Å². The zero-order chi connectivity index (χ0) is 19.8. The predicted octanol–water partition coefficient (Wildman–Crippen LogP) is 6.23. The van der Waals surface area contributed by atoms with E-state index < -0.39 is 0 Å². The quantitative estimate of drug-likeness (QED) is 0.357. The molecule has 2 rings (SSSR count). The van der Waals surface area contributed by atoms with Gasteiger partial charge in [-0.25, -0.2) is 0 Å². The average Bonchev–Trinajstić information content (AvgIpc) is 2.59. The van der Waals surface area contributed by atoms with E-state index in [2.05, 4.69) is 40.2 Å². The van der Waals surface area contributed by atoms with Crippen LogP contribution in [0, 0.1) is 0 Å². The maximum absolute atomic E-state index is 6.24. The molecular formula is C20H27BrCl4N2O2. The van der Waals surface area contributed by atoms with Crippen molar-refractivity contribution in [1.29, 1.82) is 0 Å². The lowest BCUT2D eigenvalue weighted by molar-refractivity contribution is 0.267. The molecule has 0 aliphatic rings. The van der Waals surface area contributed by atoms with Crippen LogP contribution in [0.25, 0.3) is 0 Å². The summed E-state index contributed by atoms with van der Waals surface area (Å²) in [6.45, 7) is 5.51. The lowest BCUT2D eigenvalue weighted by Crippen LogP contribution is -2.26. The van der Waals surface area contributed by atoms with Crippen LogP contribution in [-0.2, 0) is 13.2 Å². The molecule has 0 unspecified atom stereocenters. The Morgan fingerprint density at radius 2 is 1.79 bits per heavy atom. The summed E-state index contributed by atoms with van der Waals surface area (Å²) < 4.78 is 12.7. The topological polar surface area (TPSA) is 33.7 Å². The Balaban J connectivity index is 0.00000392. The molecule has 1 N–H and O–H groups in total. The molecule has 0 bridgehead atoms. The molecule has 0 aromatic heterocycles. The van der Waals surface area contributed by atoms with Crippen molar-refractivity contribution in [3.05, 3.63) is 56.0 Å². The second-order valence-corrected chi connectivity index (χ2v) is 8.04. The summed E-state index contributed by atoms with van der Waals surface area (Å²) in [5.41, 5.74) is 1.99. The lowest BCUT2D eigenvalue weighted by atomic mass is 10.2. The molecule has 0 saturated carbocycles. The van der Waals surface area contributed by atoms with Gasteiger partial charge < -0.3 is 19.7 Å². The van der Waals surface area contributed by atoms with E-state index in [0.717, 1.165) is 35.2 Å². The highest BCUT2D eigenvalue weighted by Crippen LogP contribution is 2.38. The molecule has 0 radical (unpaired) electrons. The Hall–Kier alpha value is -0.400. The van der Waals surface area contributed by atoms with Gasteiger partial charge in [0.15, 0.2) is 11.5 Å². The summed E-state index contributed by atoms with van der Waals surface area (Å²) in [5.74, 6) is 1.38. The summed E-state index contributed by atoms with van der Waals surface area (Å²) in [5, 5.41) is 4.62. The van der Waals surface area contributed by atoms with Crippen molar-refractivity contribution in [3.63, 3.8) is 0 Å². The number of nitrogens with one attached hydrogen (secondary N) is 1. The van der Waals surface area contributed by atoms with Crippen LogP contribution >= 0.6 is 63.9 Å². The number of rotatable bonds is 10. The van der Waals surface area contributed by atoms with Crippen LogP contribution in [0.5, 0.6) is 11.5 Å². The summed E-state index contributed by atoms with van der Waals surface area (Å²) in [6.07, 6.45) is 0. The summed E-state index contributed by atoms with van der Waals surface area (Å²) in [4.78, 5) is 2.15. The van der Waals surface area contributed by atoms with Crippen molar-refractivity contribution in [2.45, 2.75) is 20.1 Å². The first kappa shape index (κ1) is 28.6. The maximum Gasteiger partial charge on any atom is 0.175 e. The minimum absolute atomic E-state index is 0. The van der Waals surface area contributed by atoms with Gasteiger partial charge in [-0.2, -0.15) is 0 Å². The average molecular weight is 549 g/mol. The maximum atomic E-state index is 6.24. The summed E-state index contributed by atoms with van der Waals surface area (Å²) in [7, 11) is 4.12. The Morgan fingerprint density at radius 1 is 1.07 bits per heavy atom. The molecule has 164 valence electrons. The first-order valence-electron chi connectivity index (χ1n) is 8.78. The highest BCUT2D eigenvalue weighted by atomic mass is 79.9. The molecule has 9 heteroatoms. The van der Waals surface area contributed by atoms with Crippen molar-refractivity contribution in [2.24, 2.45) is 0 Å². The smallest absolute Gasteiger partial charge is 0.175 e. The van der Waals surface area contributed by atoms with E-state index >= 15 is 0 Å². The Labute approximate surface area is 204 Å². The second-order valence-electron chi connectivity index (χ2n) is 6.34. The molecule has 0 aliphatic heterocycles. The highest BCUT2D eigenvalue weighted by molar-refractivity contribution is 9.10. The molecular weight excluding hydrogens is 522 g/mol. The Bertz CT molecular complexity index is 764. The van der Waals surface area contributed by atoms with E-state index in [1.54, 1.807) is 12.1 Å². The molecule has 0 aliphatic carbocycles. The molecule has 0 fully saturated rings. The minimum Gasteiger partial charge on any atom is -0.490 e. The molecule has 0 atom stereocenters. The van der Waals surface area contributed by atoms with Gasteiger partial charge in [0.05, 0.1) is 11.1 Å². The number of benzene rings is 2.